The summed E-state index contributed by atoms with van der Waals surface area (Å²) < 4.78 is 12.0. The van der Waals surface area contributed by atoms with Gasteiger partial charge in [0, 0.05) is 16.2 Å². The second-order valence-electron chi connectivity index (χ2n) is 4.49. The summed E-state index contributed by atoms with van der Waals surface area (Å²) in [7, 11) is 3.59. The molecule has 2 rings (SSSR count). The van der Waals surface area contributed by atoms with Crippen LogP contribution in [-0.4, -0.2) is 25.7 Å². The summed E-state index contributed by atoms with van der Waals surface area (Å²) >= 11 is 3.46. The lowest BCUT2D eigenvalue weighted by Crippen LogP contribution is -2.18. The van der Waals surface area contributed by atoms with Crippen LogP contribution in [0.3, 0.4) is 0 Å². The van der Waals surface area contributed by atoms with Gasteiger partial charge in [0.25, 0.3) is 0 Å². The van der Waals surface area contributed by atoms with Crippen LogP contribution in [0.1, 0.15) is 24.1 Å². The second kappa shape index (κ2) is 7.43. The number of aromatic nitrogens is 1. The zero-order valence-corrected chi connectivity index (χ0v) is 14.0. The molecule has 1 unspecified atom stereocenters. The van der Waals surface area contributed by atoms with Crippen molar-refractivity contribution >= 4 is 15.9 Å². The number of nitrogens with one attached hydrogen (secondary N) is 1. The number of benzene rings is 1. The fourth-order valence-electron chi connectivity index (χ4n) is 2.26. The molecule has 0 aliphatic heterocycles. The number of hydrogen-bond donors (Lipinski definition) is 1. The predicted octanol–water partition coefficient (Wildman–Crippen LogP) is 3.56. The Morgan fingerprint density at radius 3 is 2.76 bits per heavy atom. The van der Waals surface area contributed by atoms with Crippen LogP contribution in [0.4, 0.5) is 0 Å². The number of rotatable bonds is 6. The molecule has 5 heteroatoms. The van der Waals surface area contributed by atoms with Crippen LogP contribution in [-0.2, 0) is 0 Å². The third kappa shape index (κ3) is 3.74. The Morgan fingerprint density at radius 1 is 1.29 bits per heavy atom. The highest BCUT2D eigenvalue weighted by atomic mass is 79.9. The van der Waals surface area contributed by atoms with E-state index in [0.29, 0.717) is 6.61 Å². The summed E-state index contributed by atoms with van der Waals surface area (Å²) in [6.45, 7) is 2.58. The van der Waals surface area contributed by atoms with Gasteiger partial charge >= 0.3 is 0 Å². The molecule has 0 aliphatic carbocycles. The fraction of sp³-hybridized carbons (Fsp3) is 0.312. The normalized spacial score (nSPS) is 12.0. The van der Waals surface area contributed by atoms with Crippen LogP contribution in [0.15, 0.2) is 41.1 Å². The second-order valence-corrected chi connectivity index (χ2v) is 5.41. The number of hydrogen-bond acceptors (Lipinski definition) is 4. The van der Waals surface area contributed by atoms with Crippen LogP contribution >= 0.6 is 15.9 Å². The quantitative estimate of drug-likeness (QED) is 0.864. The van der Waals surface area contributed by atoms with Crippen molar-refractivity contribution < 1.29 is 9.47 Å². The van der Waals surface area contributed by atoms with E-state index in [1.807, 2.05) is 44.4 Å². The van der Waals surface area contributed by atoms with E-state index in [1.54, 1.807) is 13.3 Å². The third-order valence-electron chi connectivity index (χ3n) is 3.17. The number of pyridine rings is 1. The zero-order valence-electron chi connectivity index (χ0n) is 12.4. The van der Waals surface area contributed by atoms with Crippen molar-refractivity contribution in [2.75, 3.05) is 20.8 Å². The van der Waals surface area contributed by atoms with E-state index in [0.717, 1.165) is 27.1 Å². The molecule has 21 heavy (non-hydrogen) atoms. The summed E-state index contributed by atoms with van der Waals surface area (Å²) in [6, 6.07) is 7.99. The Morgan fingerprint density at radius 2 is 2.10 bits per heavy atom. The van der Waals surface area contributed by atoms with Gasteiger partial charge in [-0.2, -0.15) is 0 Å². The van der Waals surface area contributed by atoms with E-state index in [9.17, 15) is 0 Å². The maximum absolute atomic E-state index is 5.52. The van der Waals surface area contributed by atoms with E-state index in [-0.39, 0.29) is 6.04 Å². The van der Waals surface area contributed by atoms with E-state index >= 15 is 0 Å². The van der Waals surface area contributed by atoms with Crippen LogP contribution in [0, 0.1) is 0 Å². The Balaban J connectivity index is 2.42. The smallest absolute Gasteiger partial charge is 0.137 e. The van der Waals surface area contributed by atoms with Gasteiger partial charge in [-0.3, -0.25) is 4.98 Å². The number of halogens is 1. The summed E-state index contributed by atoms with van der Waals surface area (Å²) in [5.41, 5.74) is 2.09. The number of nitrogens with zero attached hydrogens (tertiary/aromatic N) is 1. The van der Waals surface area contributed by atoms with Crippen molar-refractivity contribution in [2.45, 2.75) is 13.0 Å². The predicted molar refractivity (Wildman–Crippen MR) is 87.0 cm³/mol. The molecule has 0 fully saturated rings. The molecule has 1 N–H and O–H groups in total. The van der Waals surface area contributed by atoms with Gasteiger partial charge in [0.05, 0.1) is 26.0 Å². The van der Waals surface area contributed by atoms with Crippen LogP contribution in [0.25, 0.3) is 0 Å². The summed E-state index contributed by atoms with van der Waals surface area (Å²) in [4.78, 5) is 4.26. The lowest BCUT2D eigenvalue weighted by atomic mass is 9.99. The SMILES string of the molecule is CCOc1cncc(C(NC)c2ccc(Br)cc2OC)c1. The number of methoxy groups -OCH3 is 1. The summed E-state index contributed by atoms with van der Waals surface area (Å²) in [5.74, 6) is 1.59. The average molecular weight is 351 g/mol. The zero-order chi connectivity index (χ0) is 15.2. The number of ether oxygens (including phenoxy) is 2. The maximum atomic E-state index is 5.52. The van der Waals surface area contributed by atoms with Gasteiger partial charge in [-0.05, 0) is 37.7 Å². The first-order chi connectivity index (χ1) is 10.2. The molecule has 0 amide bonds. The largest absolute Gasteiger partial charge is 0.496 e. The molecule has 0 saturated heterocycles. The molecule has 1 heterocycles. The van der Waals surface area contributed by atoms with Crippen molar-refractivity contribution in [1.29, 1.82) is 0 Å². The molecule has 1 atom stereocenters. The minimum absolute atomic E-state index is 0.0130. The van der Waals surface area contributed by atoms with Crippen molar-refractivity contribution in [3.63, 3.8) is 0 Å². The van der Waals surface area contributed by atoms with E-state index < -0.39 is 0 Å². The van der Waals surface area contributed by atoms with Gasteiger partial charge in [-0.1, -0.05) is 22.0 Å². The van der Waals surface area contributed by atoms with E-state index in [2.05, 4.69) is 26.2 Å². The first kappa shape index (κ1) is 15.8. The lowest BCUT2D eigenvalue weighted by Gasteiger charge is -2.20. The summed E-state index contributed by atoms with van der Waals surface area (Å²) in [5, 5.41) is 3.31. The first-order valence-electron chi connectivity index (χ1n) is 6.78. The average Bonchev–Trinajstić information content (AvgIpc) is 2.50. The van der Waals surface area contributed by atoms with Crippen molar-refractivity contribution in [3.05, 3.63) is 52.3 Å². The molecular formula is C16H19BrN2O2. The summed E-state index contributed by atoms with van der Waals surface area (Å²) in [6.07, 6.45) is 3.56. The van der Waals surface area contributed by atoms with E-state index in [4.69, 9.17) is 9.47 Å². The lowest BCUT2D eigenvalue weighted by molar-refractivity contribution is 0.338. The molecule has 0 spiro atoms. The molecule has 0 aliphatic rings. The highest BCUT2D eigenvalue weighted by molar-refractivity contribution is 9.10. The van der Waals surface area contributed by atoms with Gasteiger partial charge in [-0.15, -0.1) is 0 Å². The van der Waals surface area contributed by atoms with Crippen molar-refractivity contribution in [3.8, 4) is 11.5 Å². The molecule has 1 aromatic heterocycles. The molecule has 112 valence electrons. The van der Waals surface area contributed by atoms with Gasteiger partial charge in [-0.25, -0.2) is 0 Å². The van der Waals surface area contributed by atoms with E-state index in [1.165, 1.54) is 0 Å². The molecular weight excluding hydrogens is 332 g/mol. The molecule has 2 aromatic rings. The monoisotopic (exact) mass is 350 g/mol. The first-order valence-corrected chi connectivity index (χ1v) is 7.57. The van der Waals surface area contributed by atoms with Crippen LogP contribution < -0.4 is 14.8 Å². The van der Waals surface area contributed by atoms with Crippen molar-refractivity contribution in [1.82, 2.24) is 10.3 Å². The Hall–Kier alpha value is -1.59. The third-order valence-corrected chi connectivity index (χ3v) is 3.67. The fourth-order valence-corrected chi connectivity index (χ4v) is 2.60. The molecule has 0 saturated carbocycles. The van der Waals surface area contributed by atoms with Gasteiger partial charge in [0.1, 0.15) is 11.5 Å². The van der Waals surface area contributed by atoms with Crippen molar-refractivity contribution in [2.24, 2.45) is 0 Å². The Kier molecular flexibility index (Phi) is 5.59. The molecule has 1 aromatic carbocycles. The molecule has 0 radical (unpaired) electrons. The minimum atomic E-state index is -0.0130. The Labute approximate surface area is 133 Å². The molecule has 4 nitrogen and oxygen atoms in total. The van der Waals surface area contributed by atoms with Gasteiger partial charge in [0.2, 0.25) is 0 Å². The van der Waals surface area contributed by atoms with Crippen LogP contribution in [0.2, 0.25) is 0 Å². The molecule has 0 bridgehead atoms. The van der Waals surface area contributed by atoms with Crippen LogP contribution in [0.5, 0.6) is 11.5 Å². The minimum Gasteiger partial charge on any atom is -0.496 e. The van der Waals surface area contributed by atoms with Gasteiger partial charge < -0.3 is 14.8 Å². The maximum Gasteiger partial charge on any atom is 0.137 e. The topological polar surface area (TPSA) is 43.4 Å². The van der Waals surface area contributed by atoms with Gasteiger partial charge in [0.15, 0.2) is 0 Å². The highest BCUT2D eigenvalue weighted by Gasteiger charge is 2.17. The highest BCUT2D eigenvalue weighted by Crippen LogP contribution is 2.32. The Bertz CT molecular complexity index is 605. The standard InChI is InChI=1S/C16H19BrN2O2/c1-4-21-13-7-11(9-19-10-13)16(18-2)14-6-5-12(17)8-15(14)20-3/h5-10,16,18H,4H2,1-3H3.